The average molecular weight is 245 g/mol. The van der Waals surface area contributed by atoms with Crippen molar-refractivity contribution >= 4 is 0 Å². The summed E-state index contributed by atoms with van der Waals surface area (Å²) in [5, 5.41) is 3.43. The second kappa shape index (κ2) is 5.73. The SMILES string of the molecule is CCNC(c1ccnc(C)n1)c1nccn1CC. The van der Waals surface area contributed by atoms with E-state index < -0.39 is 0 Å². The number of nitrogens with zero attached hydrogens (tertiary/aromatic N) is 4. The normalized spacial score (nSPS) is 12.6. The van der Waals surface area contributed by atoms with Gasteiger partial charge < -0.3 is 9.88 Å². The molecule has 1 atom stereocenters. The molecule has 1 N–H and O–H groups in total. The minimum atomic E-state index is 0.0200. The number of aromatic nitrogens is 4. The Labute approximate surface area is 107 Å². The van der Waals surface area contributed by atoms with Crippen molar-refractivity contribution < 1.29 is 0 Å². The van der Waals surface area contributed by atoms with E-state index in [1.807, 2.05) is 25.4 Å². The number of rotatable bonds is 5. The molecule has 0 fully saturated rings. The molecule has 0 aliphatic carbocycles. The van der Waals surface area contributed by atoms with Crippen molar-refractivity contribution in [3.05, 3.63) is 42.0 Å². The van der Waals surface area contributed by atoms with Gasteiger partial charge in [0, 0.05) is 25.1 Å². The Kier molecular flexibility index (Phi) is 4.04. The van der Waals surface area contributed by atoms with Gasteiger partial charge in [-0.25, -0.2) is 15.0 Å². The van der Waals surface area contributed by atoms with E-state index in [0.29, 0.717) is 0 Å². The van der Waals surface area contributed by atoms with E-state index in [1.54, 1.807) is 6.20 Å². The van der Waals surface area contributed by atoms with E-state index in [9.17, 15) is 0 Å². The van der Waals surface area contributed by atoms with Crippen LogP contribution in [0.1, 0.15) is 37.2 Å². The smallest absolute Gasteiger partial charge is 0.132 e. The summed E-state index contributed by atoms with van der Waals surface area (Å²) in [4.78, 5) is 13.1. The van der Waals surface area contributed by atoms with Crippen LogP contribution in [0.2, 0.25) is 0 Å². The predicted molar refractivity (Wildman–Crippen MR) is 70.2 cm³/mol. The van der Waals surface area contributed by atoms with Crippen molar-refractivity contribution in [1.29, 1.82) is 0 Å². The average Bonchev–Trinajstić information content (AvgIpc) is 2.84. The molecule has 2 rings (SSSR count). The maximum atomic E-state index is 4.50. The molecule has 5 heteroatoms. The Morgan fingerprint density at radius 1 is 1.28 bits per heavy atom. The molecule has 0 aromatic carbocycles. The Hall–Kier alpha value is -1.75. The van der Waals surface area contributed by atoms with Gasteiger partial charge in [0.2, 0.25) is 0 Å². The molecule has 96 valence electrons. The van der Waals surface area contributed by atoms with Gasteiger partial charge in [-0.1, -0.05) is 6.92 Å². The lowest BCUT2D eigenvalue weighted by molar-refractivity contribution is 0.546. The van der Waals surface area contributed by atoms with E-state index in [4.69, 9.17) is 0 Å². The first-order valence-electron chi connectivity index (χ1n) is 6.30. The molecule has 0 radical (unpaired) electrons. The van der Waals surface area contributed by atoms with Crippen LogP contribution >= 0.6 is 0 Å². The topological polar surface area (TPSA) is 55.6 Å². The van der Waals surface area contributed by atoms with Gasteiger partial charge in [-0.3, -0.25) is 0 Å². The van der Waals surface area contributed by atoms with Crippen LogP contribution in [0.3, 0.4) is 0 Å². The van der Waals surface area contributed by atoms with Gasteiger partial charge in [0.1, 0.15) is 17.7 Å². The minimum Gasteiger partial charge on any atom is -0.334 e. The molecule has 18 heavy (non-hydrogen) atoms. The monoisotopic (exact) mass is 245 g/mol. The fourth-order valence-electron chi connectivity index (χ4n) is 2.02. The summed E-state index contributed by atoms with van der Waals surface area (Å²) in [6, 6.07) is 1.96. The van der Waals surface area contributed by atoms with Gasteiger partial charge in [0.05, 0.1) is 5.69 Å². The van der Waals surface area contributed by atoms with Crippen molar-refractivity contribution in [1.82, 2.24) is 24.8 Å². The van der Waals surface area contributed by atoms with Gasteiger partial charge in [0.15, 0.2) is 0 Å². The van der Waals surface area contributed by atoms with Gasteiger partial charge in [-0.2, -0.15) is 0 Å². The highest BCUT2D eigenvalue weighted by molar-refractivity contribution is 5.17. The first kappa shape index (κ1) is 12.7. The summed E-state index contributed by atoms with van der Waals surface area (Å²) >= 11 is 0. The number of aryl methyl sites for hydroxylation is 2. The molecule has 2 aromatic heterocycles. The van der Waals surface area contributed by atoms with Crippen molar-refractivity contribution in [3.63, 3.8) is 0 Å². The zero-order valence-electron chi connectivity index (χ0n) is 11.1. The summed E-state index contributed by atoms with van der Waals surface area (Å²) in [7, 11) is 0. The van der Waals surface area contributed by atoms with Gasteiger partial charge >= 0.3 is 0 Å². The summed E-state index contributed by atoms with van der Waals surface area (Å²) in [5.74, 6) is 1.78. The minimum absolute atomic E-state index is 0.0200. The molecular formula is C13H19N5. The summed E-state index contributed by atoms with van der Waals surface area (Å²) in [6.07, 6.45) is 5.62. The maximum Gasteiger partial charge on any atom is 0.132 e. The molecule has 0 saturated carbocycles. The molecule has 1 unspecified atom stereocenters. The molecule has 0 aliphatic heterocycles. The molecule has 0 bridgehead atoms. The Balaban J connectivity index is 2.39. The third-order valence-electron chi connectivity index (χ3n) is 2.85. The van der Waals surface area contributed by atoms with Crippen LogP contribution in [0.4, 0.5) is 0 Å². The van der Waals surface area contributed by atoms with Gasteiger partial charge in [0.25, 0.3) is 0 Å². The molecule has 0 aliphatic rings. The summed E-state index contributed by atoms with van der Waals surface area (Å²) < 4.78 is 2.13. The maximum absolute atomic E-state index is 4.50. The highest BCUT2D eigenvalue weighted by Gasteiger charge is 2.19. The van der Waals surface area contributed by atoms with E-state index in [1.165, 1.54) is 0 Å². The van der Waals surface area contributed by atoms with E-state index in [-0.39, 0.29) is 6.04 Å². The van der Waals surface area contributed by atoms with Crippen molar-refractivity contribution in [2.45, 2.75) is 33.4 Å². The standard InChI is InChI=1S/C13H19N5/c1-4-14-12(11-6-7-15-10(3)17-11)13-16-8-9-18(13)5-2/h6-9,12,14H,4-5H2,1-3H3. The Morgan fingerprint density at radius 2 is 2.11 bits per heavy atom. The Morgan fingerprint density at radius 3 is 2.78 bits per heavy atom. The summed E-state index contributed by atoms with van der Waals surface area (Å²) in [5.41, 5.74) is 0.963. The number of imidazole rings is 1. The quantitative estimate of drug-likeness (QED) is 0.871. The van der Waals surface area contributed by atoms with Crippen molar-refractivity contribution in [2.75, 3.05) is 6.54 Å². The van der Waals surface area contributed by atoms with Crippen LogP contribution in [-0.2, 0) is 6.54 Å². The predicted octanol–water partition coefficient (Wildman–Crippen LogP) is 1.70. The fraction of sp³-hybridized carbons (Fsp3) is 0.462. The van der Waals surface area contributed by atoms with Crippen LogP contribution in [-0.4, -0.2) is 26.1 Å². The lowest BCUT2D eigenvalue weighted by Crippen LogP contribution is -2.26. The van der Waals surface area contributed by atoms with E-state index in [0.717, 1.165) is 30.4 Å². The highest BCUT2D eigenvalue weighted by Crippen LogP contribution is 2.18. The molecule has 0 spiro atoms. The third-order valence-corrected chi connectivity index (χ3v) is 2.85. The van der Waals surface area contributed by atoms with E-state index in [2.05, 4.69) is 38.7 Å². The second-order valence-corrected chi connectivity index (χ2v) is 4.09. The number of nitrogens with one attached hydrogen (secondary N) is 1. The molecule has 0 amide bonds. The molecule has 0 saturated heterocycles. The summed E-state index contributed by atoms with van der Waals surface area (Å²) in [6.45, 7) is 7.87. The number of hydrogen-bond donors (Lipinski definition) is 1. The molecular weight excluding hydrogens is 226 g/mol. The highest BCUT2D eigenvalue weighted by atomic mass is 15.1. The van der Waals surface area contributed by atoms with Crippen molar-refractivity contribution in [2.24, 2.45) is 0 Å². The van der Waals surface area contributed by atoms with Gasteiger partial charge in [-0.15, -0.1) is 0 Å². The molecule has 2 heterocycles. The van der Waals surface area contributed by atoms with Crippen LogP contribution in [0.5, 0.6) is 0 Å². The number of hydrogen-bond acceptors (Lipinski definition) is 4. The largest absolute Gasteiger partial charge is 0.334 e. The lowest BCUT2D eigenvalue weighted by atomic mass is 10.2. The first-order chi connectivity index (χ1) is 8.76. The Bertz CT molecular complexity index is 506. The van der Waals surface area contributed by atoms with E-state index >= 15 is 0 Å². The third kappa shape index (κ3) is 2.56. The van der Waals surface area contributed by atoms with Crippen molar-refractivity contribution in [3.8, 4) is 0 Å². The van der Waals surface area contributed by atoms with Crippen LogP contribution in [0.15, 0.2) is 24.7 Å². The zero-order chi connectivity index (χ0) is 13.0. The van der Waals surface area contributed by atoms with Crippen LogP contribution in [0, 0.1) is 6.92 Å². The fourth-order valence-corrected chi connectivity index (χ4v) is 2.02. The first-order valence-corrected chi connectivity index (χ1v) is 6.30. The van der Waals surface area contributed by atoms with Crippen LogP contribution in [0.25, 0.3) is 0 Å². The molecule has 5 nitrogen and oxygen atoms in total. The van der Waals surface area contributed by atoms with Crippen LogP contribution < -0.4 is 5.32 Å². The lowest BCUT2D eigenvalue weighted by Gasteiger charge is -2.18. The van der Waals surface area contributed by atoms with Gasteiger partial charge in [-0.05, 0) is 26.5 Å². The molecule has 2 aromatic rings. The second-order valence-electron chi connectivity index (χ2n) is 4.09. The zero-order valence-corrected chi connectivity index (χ0v) is 11.1.